The predicted molar refractivity (Wildman–Crippen MR) is 72.6 cm³/mol. The minimum absolute atomic E-state index is 0.380. The van der Waals surface area contributed by atoms with Gasteiger partial charge >= 0.3 is 5.97 Å². The Balaban J connectivity index is 2.06. The Morgan fingerprint density at radius 1 is 1.32 bits per heavy atom. The Morgan fingerprint density at radius 2 is 2.16 bits per heavy atom. The van der Waals surface area contributed by atoms with Crippen LogP contribution < -0.4 is 4.74 Å². The number of ether oxygens (including phenoxy) is 2. The molecule has 2 rings (SSSR count). The van der Waals surface area contributed by atoms with Crippen molar-refractivity contribution in [2.75, 3.05) is 14.2 Å². The second-order valence-electron chi connectivity index (χ2n) is 3.72. The first-order valence-electron chi connectivity index (χ1n) is 5.66. The molecule has 0 aliphatic carbocycles. The minimum Gasteiger partial charge on any atom is -0.497 e. The predicted octanol–water partition coefficient (Wildman–Crippen LogP) is 3.37. The Morgan fingerprint density at radius 3 is 2.89 bits per heavy atom. The number of methoxy groups -OCH3 is 2. The fourth-order valence-corrected chi connectivity index (χ4v) is 2.48. The zero-order chi connectivity index (χ0) is 13.7. The van der Waals surface area contributed by atoms with Gasteiger partial charge in [0.1, 0.15) is 17.1 Å². The summed E-state index contributed by atoms with van der Waals surface area (Å²) in [5, 5.41) is 0. The monoisotopic (exact) mass is 278 g/mol. The average molecular weight is 278 g/mol. The van der Waals surface area contributed by atoms with Crippen molar-refractivity contribution in [3.8, 4) is 5.75 Å². The molecule has 0 bridgehead atoms. The Labute approximate surface area is 115 Å². The van der Waals surface area contributed by atoms with Gasteiger partial charge in [0.05, 0.1) is 26.2 Å². The number of esters is 1. The van der Waals surface area contributed by atoms with E-state index in [4.69, 9.17) is 13.9 Å². The van der Waals surface area contributed by atoms with Crippen LogP contribution >= 0.6 is 11.8 Å². The van der Waals surface area contributed by atoms with Crippen molar-refractivity contribution in [2.24, 2.45) is 0 Å². The van der Waals surface area contributed by atoms with Gasteiger partial charge in [-0.2, -0.15) is 0 Å². The summed E-state index contributed by atoms with van der Waals surface area (Å²) in [6.07, 6.45) is 1.49. The van der Waals surface area contributed by atoms with Crippen LogP contribution in [0.1, 0.15) is 16.1 Å². The van der Waals surface area contributed by atoms with Crippen molar-refractivity contribution in [1.82, 2.24) is 0 Å². The van der Waals surface area contributed by atoms with Gasteiger partial charge in [-0.1, -0.05) is 6.07 Å². The first-order chi connectivity index (χ1) is 9.24. The van der Waals surface area contributed by atoms with E-state index in [0.717, 1.165) is 10.6 Å². The minimum atomic E-state index is -0.380. The maximum absolute atomic E-state index is 11.5. The van der Waals surface area contributed by atoms with Crippen LogP contribution in [0.4, 0.5) is 0 Å². The highest BCUT2D eigenvalue weighted by molar-refractivity contribution is 7.98. The van der Waals surface area contributed by atoms with E-state index in [9.17, 15) is 4.79 Å². The number of rotatable bonds is 5. The van der Waals surface area contributed by atoms with E-state index in [-0.39, 0.29) is 5.97 Å². The fraction of sp³-hybridized carbons (Fsp3) is 0.214. The molecule has 5 heteroatoms. The topological polar surface area (TPSA) is 48.7 Å². The van der Waals surface area contributed by atoms with Crippen LogP contribution in [0.15, 0.2) is 45.9 Å². The molecule has 0 aliphatic rings. The highest BCUT2D eigenvalue weighted by atomic mass is 32.2. The maximum Gasteiger partial charge on any atom is 0.341 e. The lowest BCUT2D eigenvalue weighted by Gasteiger charge is -2.04. The molecule has 19 heavy (non-hydrogen) atoms. The van der Waals surface area contributed by atoms with Gasteiger partial charge in [0.2, 0.25) is 0 Å². The fourth-order valence-electron chi connectivity index (χ4n) is 1.58. The highest BCUT2D eigenvalue weighted by Gasteiger charge is 2.15. The van der Waals surface area contributed by atoms with Crippen molar-refractivity contribution < 1.29 is 18.7 Å². The van der Waals surface area contributed by atoms with Crippen LogP contribution in [-0.2, 0) is 10.5 Å². The molecule has 0 atom stereocenters. The van der Waals surface area contributed by atoms with Crippen LogP contribution in [0, 0.1) is 0 Å². The van der Waals surface area contributed by atoms with E-state index in [1.54, 1.807) is 24.9 Å². The third-order valence-electron chi connectivity index (χ3n) is 2.56. The smallest absolute Gasteiger partial charge is 0.341 e. The first-order valence-corrected chi connectivity index (χ1v) is 6.64. The lowest BCUT2D eigenvalue weighted by Crippen LogP contribution is -2.02. The molecule has 1 heterocycles. The zero-order valence-electron chi connectivity index (χ0n) is 10.7. The molecule has 0 amide bonds. The van der Waals surface area contributed by atoms with Gasteiger partial charge in [-0.05, 0) is 24.3 Å². The van der Waals surface area contributed by atoms with Crippen molar-refractivity contribution in [1.29, 1.82) is 0 Å². The molecular formula is C14H14O4S. The molecule has 2 aromatic rings. The summed E-state index contributed by atoms with van der Waals surface area (Å²) in [5.41, 5.74) is 0.470. The summed E-state index contributed by atoms with van der Waals surface area (Å²) in [7, 11) is 2.99. The Hall–Kier alpha value is -1.88. The van der Waals surface area contributed by atoms with Gasteiger partial charge in [0.15, 0.2) is 0 Å². The van der Waals surface area contributed by atoms with Gasteiger partial charge in [-0.25, -0.2) is 4.79 Å². The van der Waals surface area contributed by atoms with E-state index >= 15 is 0 Å². The number of carbonyl (C=O) groups is 1. The largest absolute Gasteiger partial charge is 0.497 e. The molecule has 1 aromatic heterocycles. The lowest BCUT2D eigenvalue weighted by atomic mass is 10.3. The molecule has 0 N–H and O–H groups in total. The summed E-state index contributed by atoms with van der Waals surface area (Å²) < 4.78 is 15.2. The normalized spacial score (nSPS) is 10.2. The second kappa shape index (κ2) is 6.33. The van der Waals surface area contributed by atoms with Gasteiger partial charge in [-0.3, -0.25) is 0 Å². The zero-order valence-corrected chi connectivity index (χ0v) is 11.5. The number of thioether (sulfide) groups is 1. The van der Waals surface area contributed by atoms with Gasteiger partial charge < -0.3 is 13.9 Å². The Bertz CT molecular complexity index is 562. The van der Waals surface area contributed by atoms with Crippen LogP contribution in [-0.4, -0.2) is 20.2 Å². The number of hydrogen-bond acceptors (Lipinski definition) is 5. The molecule has 4 nitrogen and oxygen atoms in total. The van der Waals surface area contributed by atoms with E-state index in [2.05, 4.69) is 0 Å². The highest BCUT2D eigenvalue weighted by Crippen LogP contribution is 2.27. The standard InChI is InChI=1S/C14H14O4S/c1-16-10-4-3-5-11(8-10)19-9-13-12(6-7-18-13)14(15)17-2/h3-8H,9H2,1-2H3. The van der Waals surface area contributed by atoms with Crippen LogP contribution in [0.2, 0.25) is 0 Å². The molecule has 0 aliphatic heterocycles. The second-order valence-corrected chi connectivity index (χ2v) is 4.77. The van der Waals surface area contributed by atoms with Gasteiger partial charge in [0.25, 0.3) is 0 Å². The van der Waals surface area contributed by atoms with Crippen molar-refractivity contribution in [3.63, 3.8) is 0 Å². The molecule has 0 saturated heterocycles. The molecule has 100 valence electrons. The molecule has 0 fully saturated rings. The van der Waals surface area contributed by atoms with E-state index in [1.165, 1.54) is 13.4 Å². The summed E-state index contributed by atoms with van der Waals surface area (Å²) in [6, 6.07) is 9.34. The van der Waals surface area contributed by atoms with Crippen LogP contribution in [0.5, 0.6) is 5.75 Å². The number of carbonyl (C=O) groups excluding carboxylic acids is 1. The quantitative estimate of drug-likeness (QED) is 0.620. The van der Waals surface area contributed by atoms with Crippen molar-refractivity contribution in [3.05, 3.63) is 47.9 Å². The van der Waals surface area contributed by atoms with Crippen LogP contribution in [0.3, 0.4) is 0 Å². The summed E-state index contributed by atoms with van der Waals surface area (Å²) >= 11 is 1.57. The number of hydrogen-bond donors (Lipinski definition) is 0. The summed E-state index contributed by atoms with van der Waals surface area (Å²) in [6.45, 7) is 0. The first kappa shape index (κ1) is 13.5. The van der Waals surface area contributed by atoms with E-state index < -0.39 is 0 Å². The van der Waals surface area contributed by atoms with E-state index in [1.807, 2.05) is 24.3 Å². The number of furan rings is 1. The lowest BCUT2D eigenvalue weighted by molar-refractivity contribution is 0.0598. The van der Waals surface area contributed by atoms with Crippen molar-refractivity contribution >= 4 is 17.7 Å². The number of benzene rings is 1. The maximum atomic E-state index is 11.5. The van der Waals surface area contributed by atoms with Crippen LogP contribution in [0.25, 0.3) is 0 Å². The van der Waals surface area contributed by atoms with E-state index in [0.29, 0.717) is 17.1 Å². The SMILES string of the molecule is COC(=O)c1ccoc1CSc1cccc(OC)c1. The molecule has 0 unspecified atom stereocenters. The summed E-state index contributed by atoms with van der Waals surface area (Å²) in [5.74, 6) is 1.59. The third kappa shape index (κ3) is 3.32. The third-order valence-corrected chi connectivity index (χ3v) is 3.56. The molecule has 0 saturated carbocycles. The van der Waals surface area contributed by atoms with Crippen molar-refractivity contribution in [2.45, 2.75) is 10.6 Å². The molecule has 0 spiro atoms. The summed E-state index contributed by atoms with van der Waals surface area (Å²) in [4.78, 5) is 12.5. The average Bonchev–Trinajstić information content (AvgIpc) is 2.93. The Kier molecular flexibility index (Phi) is 4.52. The van der Waals surface area contributed by atoms with Gasteiger partial charge in [-0.15, -0.1) is 11.8 Å². The molecule has 0 radical (unpaired) electrons. The van der Waals surface area contributed by atoms with Gasteiger partial charge in [0, 0.05) is 4.90 Å². The molecular weight excluding hydrogens is 264 g/mol. The molecule has 1 aromatic carbocycles.